The van der Waals surface area contributed by atoms with Crippen LogP contribution in [0.5, 0.6) is 5.75 Å². The number of ether oxygens (including phenoxy) is 1. The Labute approximate surface area is 109 Å². The van der Waals surface area contributed by atoms with Crippen molar-refractivity contribution in [3.63, 3.8) is 0 Å². The lowest BCUT2D eigenvalue weighted by molar-refractivity contribution is -0.122. The fourth-order valence-electron chi connectivity index (χ4n) is 1.40. The molecule has 1 atom stereocenters. The Morgan fingerprint density at radius 3 is 2.61 bits per heavy atom. The Balaban J connectivity index is 2.61. The molecule has 1 aromatic rings. The third kappa shape index (κ3) is 4.75. The Kier molecular flexibility index (Phi) is 5.65. The number of benzene rings is 1. The highest BCUT2D eigenvalue weighted by Crippen LogP contribution is 2.18. The maximum absolute atomic E-state index is 11.0. The van der Waals surface area contributed by atoms with Gasteiger partial charge in [-0.05, 0) is 6.07 Å². The molecular weight excluding hydrogens is 228 g/mol. The van der Waals surface area contributed by atoms with E-state index in [0.717, 1.165) is 17.9 Å². The van der Waals surface area contributed by atoms with Gasteiger partial charge in [0, 0.05) is 18.2 Å². The number of hydrogen-bond acceptors (Lipinski definition) is 3. The van der Waals surface area contributed by atoms with E-state index in [2.05, 4.69) is 19.2 Å². The molecule has 18 heavy (non-hydrogen) atoms. The molecule has 0 fully saturated rings. The maximum Gasteiger partial charge on any atom is 0.223 e. The molecule has 4 heteroatoms. The molecule has 0 aliphatic heterocycles. The van der Waals surface area contributed by atoms with E-state index in [1.807, 2.05) is 24.3 Å². The summed E-state index contributed by atoms with van der Waals surface area (Å²) in [6, 6.07) is 8.23. The largest absolute Gasteiger partial charge is 0.492 e. The van der Waals surface area contributed by atoms with E-state index in [0.29, 0.717) is 12.6 Å². The fourth-order valence-corrected chi connectivity index (χ4v) is 1.40. The number of nitrogens with one attached hydrogen (secondary N) is 1. The molecule has 0 radical (unpaired) electrons. The Bertz CT molecular complexity index is 391. The summed E-state index contributed by atoms with van der Waals surface area (Å²) in [5.74, 6) is 0.183. The van der Waals surface area contributed by atoms with Crippen LogP contribution in [0.1, 0.15) is 26.3 Å². The van der Waals surface area contributed by atoms with Gasteiger partial charge in [-0.2, -0.15) is 0 Å². The van der Waals surface area contributed by atoms with Crippen molar-refractivity contribution < 1.29 is 9.53 Å². The summed E-state index contributed by atoms with van der Waals surface area (Å²) in [4.78, 5) is 11.0. The standard InChI is InChI=1S/C14H22N2O2/c1-10(2)16-8-12-6-4-5-7-13(12)18-9-11(3)14(15)17/h4-7,10-11,16H,8-9H2,1-3H3,(H2,15,17). The van der Waals surface area contributed by atoms with Crippen molar-refractivity contribution in [3.05, 3.63) is 29.8 Å². The first-order valence-corrected chi connectivity index (χ1v) is 6.24. The minimum atomic E-state index is -0.340. The van der Waals surface area contributed by atoms with Crippen molar-refractivity contribution in [2.24, 2.45) is 11.7 Å². The highest BCUT2D eigenvalue weighted by atomic mass is 16.5. The second-order valence-electron chi connectivity index (χ2n) is 4.76. The average molecular weight is 250 g/mol. The summed E-state index contributed by atoms with van der Waals surface area (Å²) < 4.78 is 5.65. The van der Waals surface area contributed by atoms with Crippen LogP contribution in [0.15, 0.2) is 24.3 Å². The van der Waals surface area contributed by atoms with Crippen LogP contribution in [-0.2, 0) is 11.3 Å². The van der Waals surface area contributed by atoms with Gasteiger partial charge in [0.25, 0.3) is 0 Å². The molecule has 4 nitrogen and oxygen atoms in total. The first-order valence-electron chi connectivity index (χ1n) is 6.24. The molecule has 1 unspecified atom stereocenters. The number of amides is 1. The fraction of sp³-hybridized carbons (Fsp3) is 0.500. The molecule has 1 amide bonds. The van der Waals surface area contributed by atoms with Gasteiger partial charge in [0.1, 0.15) is 5.75 Å². The maximum atomic E-state index is 11.0. The molecule has 0 saturated heterocycles. The lowest BCUT2D eigenvalue weighted by Gasteiger charge is -2.15. The quantitative estimate of drug-likeness (QED) is 0.774. The van der Waals surface area contributed by atoms with E-state index in [9.17, 15) is 4.79 Å². The Morgan fingerprint density at radius 2 is 2.00 bits per heavy atom. The van der Waals surface area contributed by atoms with Crippen LogP contribution in [0, 0.1) is 5.92 Å². The molecular formula is C14H22N2O2. The zero-order valence-electron chi connectivity index (χ0n) is 11.3. The second kappa shape index (κ2) is 7.01. The highest BCUT2D eigenvalue weighted by Gasteiger charge is 2.11. The van der Waals surface area contributed by atoms with Gasteiger partial charge in [0.05, 0.1) is 12.5 Å². The van der Waals surface area contributed by atoms with Crippen molar-refractivity contribution >= 4 is 5.91 Å². The summed E-state index contributed by atoms with van der Waals surface area (Å²) in [7, 11) is 0. The molecule has 100 valence electrons. The molecule has 3 N–H and O–H groups in total. The van der Waals surface area contributed by atoms with E-state index in [-0.39, 0.29) is 11.8 Å². The van der Waals surface area contributed by atoms with Gasteiger partial charge in [0.2, 0.25) is 5.91 Å². The van der Waals surface area contributed by atoms with Gasteiger partial charge in [-0.3, -0.25) is 4.79 Å². The van der Waals surface area contributed by atoms with Gasteiger partial charge in [-0.15, -0.1) is 0 Å². The number of para-hydroxylation sites is 1. The number of primary amides is 1. The minimum Gasteiger partial charge on any atom is -0.492 e. The lowest BCUT2D eigenvalue weighted by Crippen LogP contribution is -2.26. The monoisotopic (exact) mass is 250 g/mol. The summed E-state index contributed by atoms with van der Waals surface area (Å²) >= 11 is 0. The van der Waals surface area contributed by atoms with Crippen molar-refractivity contribution in [2.45, 2.75) is 33.4 Å². The predicted octanol–water partition coefficient (Wildman–Crippen LogP) is 1.68. The van der Waals surface area contributed by atoms with Crippen molar-refractivity contribution in [3.8, 4) is 5.75 Å². The average Bonchev–Trinajstić information content (AvgIpc) is 2.34. The number of hydrogen-bond donors (Lipinski definition) is 2. The summed E-state index contributed by atoms with van der Waals surface area (Å²) in [6.45, 7) is 7.02. The topological polar surface area (TPSA) is 64.3 Å². The summed E-state index contributed by atoms with van der Waals surface area (Å²) in [5.41, 5.74) is 6.29. The molecule has 1 aromatic carbocycles. The highest BCUT2D eigenvalue weighted by molar-refractivity contribution is 5.76. The van der Waals surface area contributed by atoms with Crippen LogP contribution in [0.25, 0.3) is 0 Å². The normalized spacial score (nSPS) is 12.4. The zero-order chi connectivity index (χ0) is 13.5. The molecule has 1 rings (SSSR count). The summed E-state index contributed by atoms with van der Waals surface area (Å²) in [5, 5.41) is 3.34. The van der Waals surface area contributed by atoms with Crippen LogP contribution < -0.4 is 15.8 Å². The molecule has 0 aliphatic rings. The molecule has 0 bridgehead atoms. The Hall–Kier alpha value is -1.55. The van der Waals surface area contributed by atoms with Crippen molar-refractivity contribution in [2.75, 3.05) is 6.61 Å². The lowest BCUT2D eigenvalue weighted by atomic mass is 10.1. The van der Waals surface area contributed by atoms with Gasteiger partial charge in [0.15, 0.2) is 0 Å². The second-order valence-corrected chi connectivity index (χ2v) is 4.76. The van der Waals surface area contributed by atoms with Gasteiger partial charge < -0.3 is 15.8 Å². The van der Waals surface area contributed by atoms with E-state index in [1.54, 1.807) is 6.92 Å². The number of rotatable bonds is 7. The van der Waals surface area contributed by atoms with Crippen LogP contribution in [0.4, 0.5) is 0 Å². The van der Waals surface area contributed by atoms with Gasteiger partial charge in [-0.1, -0.05) is 39.0 Å². The molecule has 0 spiro atoms. The molecule has 0 aromatic heterocycles. The zero-order valence-corrected chi connectivity index (χ0v) is 11.3. The first kappa shape index (κ1) is 14.5. The van der Waals surface area contributed by atoms with E-state index >= 15 is 0 Å². The van der Waals surface area contributed by atoms with Crippen LogP contribution in [0.3, 0.4) is 0 Å². The van der Waals surface area contributed by atoms with E-state index in [1.165, 1.54) is 0 Å². The Morgan fingerprint density at radius 1 is 1.33 bits per heavy atom. The third-order valence-corrected chi connectivity index (χ3v) is 2.65. The van der Waals surface area contributed by atoms with Crippen LogP contribution in [0.2, 0.25) is 0 Å². The number of carbonyl (C=O) groups is 1. The van der Waals surface area contributed by atoms with Crippen molar-refractivity contribution in [1.29, 1.82) is 0 Å². The molecule has 0 saturated carbocycles. The smallest absolute Gasteiger partial charge is 0.223 e. The van der Waals surface area contributed by atoms with Crippen LogP contribution in [-0.4, -0.2) is 18.6 Å². The predicted molar refractivity (Wildman–Crippen MR) is 72.3 cm³/mol. The number of carbonyl (C=O) groups excluding carboxylic acids is 1. The minimum absolute atomic E-state index is 0.281. The third-order valence-electron chi connectivity index (χ3n) is 2.65. The summed E-state index contributed by atoms with van der Waals surface area (Å²) in [6.07, 6.45) is 0. The van der Waals surface area contributed by atoms with Gasteiger partial charge in [-0.25, -0.2) is 0 Å². The van der Waals surface area contributed by atoms with E-state index < -0.39 is 0 Å². The van der Waals surface area contributed by atoms with Crippen molar-refractivity contribution in [1.82, 2.24) is 5.32 Å². The number of nitrogens with two attached hydrogens (primary N) is 1. The first-order chi connectivity index (χ1) is 8.50. The molecule has 0 heterocycles. The SMILES string of the molecule is CC(C)NCc1ccccc1OCC(C)C(N)=O. The van der Waals surface area contributed by atoms with Crippen LogP contribution >= 0.6 is 0 Å². The van der Waals surface area contributed by atoms with E-state index in [4.69, 9.17) is 10.5 Å². The van der Waals surface area contributed by atoms with Gasteiger partial charge >= 0.3 is 0 Å². The molecule has 0 aliphatic carbocycles.